The number of amides is 2. The van der Waals surface area contributed by atoms with E-state index >= 15 is 0 Å². The van der Waals surface area contributed by atoms with Crippen LogP contribution >= 0.6 is 0 Å². The van der Waals surface area contributed by atoms with E-state index in [1.165, 1.54) is 17.8 Å². The molecule has 0 radical (unpaired) electrons. The van der Waals surface area contributed by atoms with Crippen molar-refractivity contribution in [2.24, 2.45) is 7.05 Å². The van der Waals surface area contributed by atoms with Gasteiger partial charge in [-0.3, -0.25) is 4.68 Å². The first-order valence-corrected chi connectivity index (χ1v) is 7.01. The summed E-state index contributed by atoms with van der Waals surface area (Å²) in [4.78, 5) is 11.8. The lowest BCUT2D eigenvalue weighted by Gasteiger charge is -2.22. The van der Waals surface area contributed by atoms with Crippen LogP contribution in [0.5, 0.6) is 0 Å². The maximum Gasteiger partial charge on any atom is 0.416 e. The van der Waals surface area contributed by atoms with Crippen molar-refractivity contribution >= 4 is 11.7 Å². The summed E-state index contributed by atoms with van der Waals surface area (Å²) < 4.78 is 38.9. The summed E-state index contributed by atoms with van der Waals surface area (Å²) >= 11 is 0. The van der Waals surface area contributed by atoms with Gasteiger partial charge < -0.3 is 15.7 Å². The number of aliphatic hydroxyl groups is 1. The Labute approximate surface area is 136 Å². The highest BCUT2D eigenvalue weighted by molar-refractivity contribution is 5.89. The van der Waals surface area contributed by atoms with Gasteiger partial charge >= 0.3 is 12.2 Å². The van der Waals surface area contributed by atoms with Crippen molar-refractivity contribution in [3.63, 3.8) is 0 Å². The molecule has 0 spiro atoms. The predicted molar refractivity (Wildman–Crippen MR) is 81.2 cm³/mol. The first-order valence-electron chi connectivity index (χ1n) is 7.01. The molecular weight excluding hydrogens is 325 g/mol. The van der Waals surface area contributed by atoms with Gasteiger partial charge in [-0.1, -0.05) is 0 Å². The van der Waals surface area contributed by atoms with Crippen LogP contribution in [0.2, 0.25) is 0 Å². The monoisotopic (exact) mass is 342 g/mol. The van der Waals surface area contributed by atoms with Crippen molar-refractivity contribution in [1.82, 2.24) is 15.1 Å². The summed E-state index contributed by atoms with van der Waals surface area (Å²) in [6.45, 7) is 1.42. The first-order chi connectivity index (χ1) is 11.1. The number of urea groups is 1. The van der Waals surface area contributed by atoms with E-state index in [9.17, 15) is 23.1 Å². The van der Waals surface area contributed by atoms with Crippen molar-refractivity contribution in [2.45, 2.75) is 18.7 Å². The van der Waals surface area contributed by atoms with Crippen LogP contribution in [-0.2, 0) is 18.8 Å². The molecule has 1 unspecified atom stereocenters. The minimum absolute atomic E-state index is 0.0921. The topological polar surface area (TPSA) is 79.2 Å². The van der Waals surface area contributed by atoms with Gasteiger partial charge in [0.05, 0.1) is 18.3 Å². The number of alkyl halides is 3. The molecule has 1 aromatic carbocycles. The van der Waals surface area contributed by atoms with Crippen molar-refractivity contribution in [2.75, 3.05) is 11.9 Å². The number of benzene rings is 1. The van der Waals surface area contributed by atoms with Crippen LogP contribution < -0.4 is 10.6 Å². The normalized spacial score (nSPS) is 14.1. The Hall–Kier alpha value is -2.55. The molecule has 24 heavy (non-hydrogen) atoms. The Balaban J connectivity index is 1.91. The summed E-state index contributed by atoms with van der Waals surface area (Å²) in [6.07, 6.45) is -1.33. The molecular formula is C15H17F3N4O2. The average molecular weight is 342 g/mol. The third-order valence-corrected chi connectivity index (χ3v) is 3.39. The van der Waals surface area contributed by atoms with Crippen molar-refractivity contribution in [1.29, 1.82) is 0 Å². The Morgan fingerprint density at radius 3 is 2.38 bits per heavy atom. The van der Waals surface area contributed by atoms with Gasteiger partial charge in [0, 0.05) is 24.5 Å². The Kier molecular flexibility index (Phi) is 4.83. The van der Waals surface area contributed by atoms with Gasteiger partial charge in [0.1, 0.15) is 5.60 Å². The maximum atomic E-state index is 12.5. The fraction of sp³-hybridized carbons (Fsp3) is 0.333. The van der Waals surface area contributed by atoms with E-state index < -0.39 is 23.4 Å². The summed E-state index contributed by atoms with van der Waals surface area (Å²) in [5.74, 6) is 0. The lowest BCUT2D eigenvalue weighted by Crippen LogP contribution is -2.40. The molecule has 0 saturated heterocycles. The predicted octanol–water partition coefficient (Wildman–Crippen LogP) is 2.47. The second kappa shape index (κ2) is 6.52. The number of halogens is 3. The second-order valence-corrected chi connectivity index (χ2v) is 5.56. The fourth-order valence-corrected chi connectivity index (χ4v) is 1.97. The molecule has 9 heteroatoms. The van der Waals surface area contributed by atoms with E-state index in [1.807, 2.05) is 0 Å². The molecule has 1 atom stereocenters. The largest absolute Gasteiger partial charge is 0.416 e. The number of aryl methyl sites for hydroxylation is 1. The molecule has 2 aromatic rings. The van der Waals surface area contributed by atoms with E-state index in [-0.39, 0.29) is 12.2 Å². The van der Waals surface area contributed by atoms with Gasteiger partial charge in [-0.25, -0.2) is 4.79 Å². The smallest absolute Gasteiger partial charge is 0.383 e. The number of rotatable bonds is 4. The maximum absolute atomic E-state index is 12.5. The summed E-state index contributed by atoms with van der Waals surface area (Å²) in [7, 11) is 1.70. The molecule has 1 heterocycles. The van der Waals surface area contributed by atoms with Crippen LogP contribution in [0.3, 0.4) is 0 Å². The number of carbonyl (C=O) groups is 1. The molecule has 3 N–H and O–H groups in total. The number of anilines is 1. The van der Waals surface area contributed by atoms with E-state index in [0.717, 1.165) is 24.3 Å². The molecule has 0 bridgehead atoms. The number of nitrogens with zero attached hydrogens (tertiary/aromatic N) is 2. The summed E-state index contributed by atoms with van der Waals surface area (Å²) in [5, 5.41) is 19.1. The number of nitrogens with one attached hydrogen (secondary N) is 2. The molecule has 1 aromatic heterocycles. The molecule has 0 aliphatic rings. The lowest BCUT2D eigenvalue weighted by molar-refractivity contribution is -0.137. The highest BCUT2D eigenvalue weighted by atomic mass is 19.4. The zero-order valence-corrected chi connectivity index (χ0v) is 13.1. The van der Waals surface area contributed by atoms with E-state index in [4.69, 9.17) is 0 Å². The second-order valence-electron chi connectivity index (χ2n) is 5.56. The average Bonchev–Trinajstić information content (AvgIpc) is 2.92. The molecule has 0 aliphatic carbocycles. The lowest BCUT2D eigenvalue weighted by atomic mass is 10.00. The van der Waals surface area contributed by atoms with E-state index in [1.54, 1.807) is 13.2 Å². The molecule has 2 amide bonds. The molecule has 6 nitrogen and oxygen atoms in total. The van der Waals surface area contributed by atoms with Gasteiger partial charge in [-0.2, -0.15) is 18.3 Å². The zero-order chi connectivity index (χ0) is 18.0. The van der Waals surface area contributed by atoms with E-state index in [2.05, 4.69) is 15.7 Å². The first kappa shape index (κ1) is 17.8. The third kappa shape index (κ3) is 4.48. The van der Waals surface area contributed by atoms with Crippen LogP contribution in [0.15, 0.2) is 36.7 Å². The minimum atomic E-state index is -4.43. The Morgan fingerprint density at radius 1 is 1.25 bits per heavy atom. The minimum Gasteiger partial charge on any atom is -0.383 e. The van der Waals surface area contributed by atoms with E-state index in [0.29, 0.717) is 5.56 Å². The highest BCUT2D eigenvalue weighted by Crippen LogP contribution is 2.29. The van der Waals surface area contributed by atoms with Gasteiger partial charge in [0.2, 0.25) is 0 Å². The highest BCUT2D eigenvalue weighted by Gasteiger charge is 2.30. The van der Waals surface area contributed by atoms with Gasteiger partial charge in [0.15, 0.2) is 0 Å². The molecule has 130 valence electrons. The zero-order valence-electron chi connectivity index (χ0n) is 13.1. The Morgan fingerprint density at radius 2 is 1.88 bits per heavy atom. The molecule has 0 saturated carbocycles. The number of hydrogen-bond acceptors (Lipinski definition) is 3. The third-order valence-electron chi connectivity index (χ3n) is 3.39. The summed E-state index contributed by atoms with van der Waals surface area (Å²) in [5.41, 5.74) is -1.39. The van der Waals surface area contributed by atoms with Crippen LogP contribution in [-0.4, -0.2) is 27.5 Å². The standard InChI is InChI=1S/C15H17F3N4O2/c1-14(24,11-7-20-22(2)8-11)9-19-13(23)21-12-5-3-10(4-6-12)15(16,17)18/h3-8,24H,9H2,1-2H3,(H2,19,21,23). The molecule has 0 aliphatic heterocycles. The fourth-order valence-electron chi connectivity index (χ4n) is 1.97. The van der Waals surface area contributed by atoms with Crippen LogP contribution in [0.25, 0.3) is 0 Å². The van der Waals surface area contributed by atoms with Gasteiger partial charge in [-0.05, 0) is 31.2 Å². The number of hydrogen-bond donors (Lipinski definition) is 3. The Bertz CT molecular complexity index is 708. The summed E-state index contributed by atoms with van der Waals surface area (Å²) in [6, 6.07) is 3.42. The van der Waals surface area contributed by atoms with Crippen LogP contribution in [0, 0.1) is 0 Å². The molecule has 2 rings (SSSR count). The van der Waals surface area contributed by atoms with Gasteiger partial charge in [0.25, 0.3) is 0 Å². The molecule has 0 fully saturated rings. The van der Waals surface area contributed by atoms with Crippen LogP contribution in [0.1, 0.15) is 18.1 Å². The quantitative estimate of drug-likeness (QED) is 0.799. The van der Waals surface area contributed by atoms with Crippen molar-refractivity contribution in [3.05, 3.63) is 47.8 Å². The van der Waals surface area contributed by atoms with Crippen molar-refractivity contribution < 1.29 is 23.1 Å². The van der Waals surface area contributed by atoms with Gasteiger partial charge in [-0.15, -0.1) is 0 Å². The SMILES string of the molecule is Cn1cc(C(C)(O)CNC(=O)Nc2ccc(C(F)(F)F)cc2)cn1. The number of aromatic nitrogens is 2. The number of carbonyl (C=O) groups excluding carboxylic acids is 1. The van der Waals surface area contributed by atoms with Crippen molar-refractivity contribution in [3.8, 4) is 0 Å². The van der Waals surface area contributed by atoms with Crippen LogP contribution in [0.4, 0.5) is 23.7 Å².